The molecule has 0 aliphatic rings. The van der Waals surface area contributed by atoms with Crippen LogP contribution in [0.25, 0.3) is 0 Å². The van der Waals surface area contributed by atoms with E-state index in [1.807, 2.05) is 13.8 Å². The summed E-state index contributed by atoms with van der Waals surface area (Å²) in [4.78, 5) is 11.4. The van der Waals surface area contributed by atoms with Crippen LogP contribution in [0.2, 0.25) is 0 Å². The van der Waals surface area contributed by atoms with Crippen LogP contribution in [0.5, 0.6) is 0 Å². The largest absolute Gasteiger partial charge is 0.287 e. The van der Waals surface area contributed by atoms with Crippen molar-refractivity contribution in [2.45, 2.75) is 19.9 Å². The van der Waals surface area contributed by atoms with Crippen LogP contribution >= 0.6 is 0 Å². The number of hydrogen-bond acceptors (Lipinski definition) is 2. The van der Waals surface area contributed by atoms with E-state index in [-0.39, 0.29) is 11.6 Å². The number of amides is 1. The molecule has 0 saturated heterocycles. The normalized spacial score (nSPS) is 10.3. The van der Waals surface area contributed by atoms with Gasteiger partial charge in [-0.25, -0.2) is 9.82 Å². The van der Waals surface area contributed by atoms with Crippen LogP contribution in [0.15, 0.2) is 24.3 Å². The highest BCUT2D eigenvalue weighted by atomic mass is 19.1. The predicted octanol–water partition coefficient (Wildman–Crippen LogP) is 1.47. The third-order valence-electron chi connectivity index (χ3n) is 1.59. The summed E-state index contributed by atoms with van der Waals surface area (Å²) in [5, 5.41) is 0. The molecule has 0 aromatic heterocycles. The molecule has 0 heterocycles. The van der Waals surface area contributed by atoms with E-state index in [4.69, 9.17) is 0 Å². The molecule has 0 fully saturated rings. The number of rotatable bonds is 3. The zero-order valence-electron chi connectivity index (χ0n) is 8.17. The first-order valence-corrected chi connectivity index (χ1v) is 4.41. The first kappa shape index (κ1) is 10.7. The Morgan fingerprint density at radius 3 is 2.57 bits per heavy atom. The van der Waals surface area contributed by atoms with Crippen molar-refractivity contribution in [3.63, 3.8) is 0 Å². The quantitative estimate of drug-likeness (QED) is 0.719. The molecule has 1 amide bonds. The molecule has 14 heavy (non-hydrogen) atoms. The van der Waals surface area contributed by atoms with Gasteiger partial charge in [0.05, 0.1) is 5.56 Å². The molecule has 2 N–H and O–H groups in total. The van der Waals surface area contributed by atoms with Crippen molar-refractivity contribution in [1.29, 1.82) is 0 Å². The van der Waals surface area contributed by atoms with E-state index >= 15 is 0 Å². The fourth-order valence-corrected chi connectivity index (χ4v) is 0.923. The molecular formula is C10H13FN2O. The molecule has 0 spiro atoms. The van der Waals surface area contributed by atoms with Crippen LogP contribution in [0.3, 0.4) is 0 Å². The average Bonchev–Trinajstić information content (AvgIpc) is 2.15. The van der Waals surface area contributed by atoms with E-state index in [0.717, 1.165) is 0 Å². The van der Waals surface area contributed by atoms with Crippen LogP contribution in [-0.2, 0) is 0 Å². The summed E-state index contributed by atoms with van der Waals surface area (Å²) in [5.41, 5.74) is 5.16. The summed E-state index contributed by atoms with van der Waals surface area (Å²) in [6.07, 6.45) is 0. The van der Waals surface area contributed by atoms with Gasteiger partial charge in [-0.3, -0.25) is 10.2 Å². The second-order valence-corrected chi connectivity index (χ2v) is 3.23. The van der Waals surface area contributed by atoms with Gasteiger partial charge in [-0.2, -0.15) is 0 Å². The van der Waals surface area contributed by atoms with Gasteiger partial charge in [-0.15, -0.1) is 0 Å². The number of carbonyl (C=O) groups excluding carboxylic acids is 1. The molecule has 0 aliphatic heterocycles. The van der Waals surface area contributed by atoms with Crippen molar-refractivity contribution in [3.05, 3.63) is 35.6 Å². The lowest BCUT2D eigenvalue weighted by Gasteiger charge is -2.09. The maximum absolute atomic E-state index is 13.1. The summed E-state index contributed by atoms with van der Waals surface area (Å²) < 4.78 is 13.1. The Morgan fingerprint density at radius 1 is 1.36 bits per heavy atom. The van der Waals surface area contributed by atoms with Crippen LogP contribution in [0.1, 0.15) is 24.2 Å². The number of nitrogens with one attached hydrogen (secondary N) is 2. The first-order valence-electron chi connectivity index (χ1n) is 4.41. The maximum atomic E-state index is 13.1. The van der Waals surface area contributed by atoms with Crippen molar-refractivity contribution in [2.24, 2.45) is 0 Å². The highest BCUT2D eigenvalue weighted by molar-refractivity contribution is 5.94. The highest BCUT2D eigenvalue weighted by Gasteiger charge is 2.09. The number of hydrazine groups is 1. The average molecular weight is 196 g/mol. The third-order valence-corrected chi connectivity index (χ3v) is 1.59. The standard InChI is InChI=1S/C10H13FN2O/c1-7(2)12-13-10(14)8-5-3-4-6-9(8)11/h3-7,12H,1-2H3,(H,13,14). The van der Waals surface area contributed by atoms with Gasteiger partial charge in [0.1, 0.15) is 5.82 Å². The molecule has 1 aromatic carbocycles. The first-order chi connectivity index (χ1) is 6.61. The minimum atomic E-state index is -0.518. The minimum Gasteiger partial charge on any atom is -0.287 e. The van der Waals surface area contributed by atoms with Gasteiger partial charge in [0.2, 0.25) is 0 Å². The summed E-state index contributed by atoms with van der Waals surface area (Å²) in [6.45, 7) is 3.75. The van der Waals surface area contributed by atoms with Crippen molar-refractivity contribution >= 4 is 5.91 Å². The molecule has 1 rings (SSSR count). The van der Waals surface area contributed by atoms with Crippen molar-refractivity contribution in [2.75, 3.05) is 0 Å². The molecule has 0 atom stereocenters. The molecule has 76 valence electrons. The summed E-state index contributed by atoms with van der Waals surface area (Å²) in [6, 6.07) is 5.97. The van der Waals surface area contributed by atoms with E-state index in [0.29, 0.717) is 0 Å². The summed E-state index contributed by atoms with van der Waals surface area (Å²) in [5.74, 6) is -0.979. The van der Waals surface area contributed by atoms with E-state index < -0.39 is 11.7 Å². The van der Waals surface area contributed by atoms with Crippen LogP contribution in [0, 0.1) is 5.82 Å². The predicted molar refractivity (Wildman–Crippen MR) is 52.1 cm³/mol. The zero-order chi connectivity index (χ0) is 10.6. The Labute approximate surface area is 82.3 Å². The summed E-state index contributed by atoms with van der Waals surface area (Å²) in [7, 11) is 0. The second-order valence-electron chi connectivity index (χ2n) is 3.23. The van der Waals surface area contributed by atoms with Crippen LogP contribution < -0.4 is 10.9 Å². The number of hydrogen-bond donors (Lipinski definition) is 2. The van der Waals surface area contributed by atoms with Gasteiger partial charge in [-0.05, 0) is 26.0 Å². The van der Waals surface area contributed by atoms with Crippen molar-refractivity contribution in [1.82, 2.24) is 10.9 Å². The fourth-order valence-electron chi connectivity index (χ4n) is 0.923. The lowest BCUT2D eigenvalue weighted by molar-refractivity contribution is 0.0923. The number of halogens is 1. The fraction of sp³-hybridized carbons (Fsp3) is 0.300. The Kier molecular flexibility index (Phi) is 3.59. The van der Waals surface area contributed by atoms with Crippen molar-refractivity contribution in [3.8, 4) is 0 Å². The third kappa shape index (κ3) is 2.81. The van der Waals surface area contributed by atoms with Gasteiger partial charge in [0, 0.05) is 6.04 Å². The molecule has 0 radical (unpaired) electrons. The van der Waals surface area contributed by atoms with Crippen LogP contribution in [-0.4, -0.2) is 11.9 Å². The Hall–Kier alpha value is -1.42. The number of benzene rings is 1. The zero-order valence-corrected chi connectivity index (χ0v) is 8.17. The molecule has 3 nitrogen and oxygen atoms in total. The smallest absolute Gasteiger partial charge is 0.268 e. The van der Waals surface area contributed by atoms with Gasteiger partial charge in [0.15, 0.2) is 0 Å². The van der Waals surface area contributed by atoms with Crippen molar-refractivity contribution < 1.29 is 9.18 Å². The SMILES string of the molecule is CC(C)NNC(=O)c1ccccc1F. The van der Waals surface area contributed by atoms with Gasteiger partial charge < -0.3 is 0 Å². The maximum Gasteiger partial charge on any atom is 0.268 e. The highest BCUT2D eigenvalue weighted by Crippen LogP contribution is 2.05. The van der Waals surface area contributed by atoms with E-state index in [1.54, 1.807) is 12.1 Å². The second kappa shape index (κ2) is 4.72. The topological polar surface area (TPSA) is 41.1 Å². The van der Waals surface area contributed by atoms with E-state index in [1.165, 1.54) is 12.1 Å². The molecule has 0 bridgehead atoms. The molecule has 4 heteroatoms. The Balaban J connectivity index is 2.65. The molecule has 1 aromatic rings. The Morgan fingerprint density at radius 2 is 2.00 bits per heavy atom. The molecular weight excluding hydrogens is 183 g/mol. The van der Waals surface area contributed by atoms with Crippen LogP contribution in [0.4, 0.5) is 4.39 Å². The van der Waals surface area contributed by atoms with Gasteiger partial charge >= 0.3 is 0 Å². The minimum absolute atomic E-state index is 0.0423. The van der Waals surface area contributed by atoms with Gasteiger partial charge in [-0.1, -0.05) is 12.1 Å². The molecule has 0 saturated carbocycles. The lowest BCUT2D eigenvalue weighted by Crippen LogP contribution is -2.41. The molecule has 0 unspecified atom stereocenters. The van der Waals surface area contributed by atoms with E-state index in [2.05, 4.69) is 10.9 Å². The number of carbonyl (C=O) groups is 1. The van der Waals surface area contributed by atoms with E-state index in [9.17, 15) is 9.18 Å². The Bertz CT molecular complexity index is 326. The summed E-state index contributed by atoms with van der Waals surface area (Å²) >= 11 is 0. The monoisotopic (exact) mass is 196 g/mol. The van der Waals surface area contributed by atoms with Gasteiger partial charge in [0.25, 0.3) is 5.91 Å². The molecule has 0 aliphatic carbocycles. The lowest BCUT2D eigenvalue weighted by atomic mass is 10.2.